The monoisotopic (exact) mass is 394 g/mol. The van der Waals surface area contributed by atoms with Gasteiger partial charge in [0.25, 0.3) is 0 Å². The first kappa shape index (κ1) is 16.6. The third-order valence-electron chi connectivity index (χ3n) is 4.17. The molecule has 5 heteroatoms. The van der Waals surface area contributed by atoms with Gasteiger partial charge in [0.15, 0.2) is 0 Å². The molecule has 0 spiro atoms. The van der Waals surface area contributed by atoms with Crippen LogP contribution < -0.4 is 9.64 Å². The number of benzene rings is 2. The average Bonchev–Trinajstić information content (AvgIpc) is 2.56. The number of methoxy groups -OCH3 is 1. The number of nitrogens with zero attached hydrogens (tertiary/aromatic N) is 2. The Morgan fingerprint density at radius 3 is 2.52 bits per heavy atom. The Morgan fingerprint density at radius 2 is 1.87 bits per heavy atom. The summed E-state index contributed by atoms with van der Waals surface area (Å²) in [5.74, 6) is 0.875. The zero-order valence-electron chi connectivity index (χ0n) is 13.1. The molecule has 0 radical (unpaired) electrons. The Hall–Kier alpha value is -1.23. The average molecular weight is 396 g/mol. The fourth-order valence-corrected chi connectivity index (χ4v) is 3.68. The van der Waals surface area contributed by atoms with Crippen molar-refractivity contribution in [1.82, 2.24) is 4.90 Å². The molecule has 3 rings (SSSR count). The highest BCUT2D eigenvalue weighted by molar-refractivity contribution is 9.10. The third kappa shape index (κ3) is 4.19. The minimum absolute atomic E-state index is 0.799. The second kappa shape index (κ2) is 7.56. The van der Waals surface area contributed by atoms with E-state index in [2.05, 4.69) is 43.9 Å². The molecule has 0 bridgehead atoms. The van der Waals surface area contributed by atoms with Crippen LogP contribution in [0.15, 0.2) is 46.9 Å². The summed E-state index contributed by atoms with van der Waals surface area (Å²) in [6.45, 7) is 5.12. The van der Waals surface area contributed by atoms with E-state index in [1.54, 1.807) is 7.11 Å². The van der Waals surface area contributed by atoms with Gasteiger partial charge < -0.3 is 9.64 Å². The highest BCUT2D eigenvalue weighted by Gasteiger charge is 2.17. The second-order valence-electron chi connectivity index (χ2n) is 5.71. The molecule has 0 aromatic heterocycles. The van der Waals surface area contributed by atoms with Crippen LogP contribution in [-0.2, 0) is 6.54 Å². The van der Waals surface area contributed by atoms with Gasteiger partial charge in [-0.25, -0.2) is 0 Å². The molecule has 1 aliphatic heterocycles. The second-order valence-corrected chi connectivity index (χ2v) is 7.00. The number of ether oxygens (including phenoxy) is 1. The van der Waals surface area contributed by atoms with Crippen molar-refractivity contribution < 1.29 is 4.74 Å². The van der Waals surface area contributed by atoms with Gasteiger partial charge in [-0.1, -0.05) is 23.7 Å². The molecule has 122 valence electrons. The zero-order chi connectivity index (χ0) is 16.2. The molecule has 3 nitrogen and oxygen atoms in total. The number of rotatable bonds is 4. The van der Waals surface area contributed by atoms with Crippen molar-refractivity contribution in [3.63, 3.8) is 0 Å². The molecule has 0 N–H and O–H groups in total. The summed E-state index contributed by atoms with van der Waals surface area (Å²) < 4.78 is 6.29. The van der Waals surface area contributed by atoms with E-state index >= 15 is 0 Å². The third-order valence-corrected chi connectivity index (χ3v) is 5.02. The van der Waals surface area contributed by atoms with Gasteiger partial charge in [0.1, 0.15) is 5.75 Å². The molecule has 0 amide bonds. The normalized spacial score (nSPS) is 15.7. The van der Waals surface area contributed by atoms with E-state index in [9.17, 15) is 0 Å². The summed E-state index contributed by atoms with van der Waals surface area (Å²) >= 11 is 9.64. The molecular formula is C18H20BrClN2O. The molecule has 2 aromatic rings. The fraction of sp³-hybridized carbons (Fsp3) is 0.333. The van der Waals surface area contributed by atoms with Gasteiger partial charge in [-0.2, -0.15) is 0 Å². The molecule has 1 fully saturated rings. The van der Waals surface area contributed by atoms with Crippen LogP contribution >= 0.6 is 27.5 Å². The van der Waals surface area contributed by atoms with Gasteiger partial charge in [-0.05, 0) is 51.8 Å². The van der Waals surface area contributed by atoms with Crippen LogP contribution in [0.4, 0.5) is 5.69 Å². The lowest BCUT2D eigenvalue weighted by molar-refractivity contribution is 0.249. The summed E-state index contributed by atoms with van der Waals surface area (Å²) in [4.78, 5) is 4.88. The van der Waals surface area contributed by atoms with Gasteiger partial charge in [0.2, 0.25) is 0 Å². The maximum absolute atomic E-state index is 6.09. The minimum Gasteiger partial charge on any atom is -0.496 e. The smallest absolute Gasteiger partial charge is 0.133 e. The highest BCUT2D eigenvalue weighted by Crippen LogP contribution is 2.26. The maximum atomic E-state index is 6.09. The van der Waals surface area contributed by atoms with E-state index in [-0.39, 0.29) is 0 Å². The van der Waals surface area contributed by atoms with Crippen LogP contribution in [0.3, 0.4) is 0 Å². The Bertz CT molecular complexity index is 672. The number of halogens is 2. The van der Waals surface area contributed by atoms with Crippen LogP contribution in [0.5, 0.6) is 5.75 Å². The lowest BCUT2D eigenvalue weighted by Gasteiger charge is -2.36. The Kier molecular flexibility index (Phi) is 5.46. The summed E-state index contributed by atoms with van der Waals surface area (Å²) in [5, 5.41) is 0.799. The molecule has 0 unspecified atom stereocenters. The molecule has 23 heavy (non-hydrogen) atoms. The predicted molar refractivity (Wildman–Crippen MR) is 99.6 cm³/mol. The van der Waals surface area contributed by atoms with E-state index in [0.29, 0.717) is 0 Å². The van der Waals surface area contributed by atoms with Crippen LogP contribution in [0, 0.1) is 0 Å². The van der Waals surface area contributed by atoms with Gasteiger partial charge in [0.05, 0.1) is 11.6 Å². The van der Waals surface area contributed by atoms with E-state index in [1.807, 2.05) is 24.3 Å². The van der Waals surface area contributed by atoms with Crippen molar-refractivity contribution in [3.05, 3.63) is 57.5 Å². The van der Waals surface area contributed by atoms with Gasteiger partial charge in [0, 0.05) is 43.4 Å². The van der Waals surface area contributed by atoms with E-state index < -0.39 is 0 Å². The summed E-state index contributed by atoms with van der Waals surface area (Å²) in [6, 6.07) is 14.4. The SMILES string of the molecule is COc1ccc(CN2CCN(c3cccc(Cl)c3)CC2)cc1Br. The van der Waals surface area contributed by atoms with Crippen LogP contribution in [-0.4, -0.2) is 38.2 Å². The lowest BCUT2D eigenvalue weighted by Crippen LogP contribution is -2.45. The Labute approximate surface area is 150 Å². The first-order valence-corrected chi connectivity index (χ1v) is 8.88. The van der Waals surface area contributed by atoms with Crippen molar-refractivity contribution in [1.29, 1.82) is 0 Å². The Morgan fingerprint density at radius 1 is 1.09 bits per heavy atom. The van der Waals surface area contributed by atoms with Gasteiger partial charge >= 0.3 is 0 Å². The molecule has 1 saturated heterocycles. The van der Waals surface area contributed by atoms with Crippen molar-refractivity contribution in [2.24, 2.45) is 0 Å². The highest BCUT2D eigenvalue weighted by atomic mass is 79.9. The lowest BCUT2D eigenvalue weighted by atomic mass is 10.2. The van der Waals surface area contributed by atoms with Crippen LogP contribution in [0.25, 0.3) is 0 Å². The minimum atomic E-state index is 0.799. The quantitative estimate of drug-likeness (QED) is 0.761. The van der Waals surface area contributed by atoms with Crippen LogP contribution in [0.1, 0.15) is 5.56 Å². The summed E-state index contributed by atoms with van der Waals surface area (Å²) in [5.41, 5.74) is 2.51. The molecular weight excluding hydrogens is 376 g/mol. The standard InChI is InChI=1S/C18H20BrClN2O/c1-23-18-6-5-14(11-17(18)19)13-21-7-9-22(10-8-21)16-4-2-3-15(20)12-16/h2-6,11-12H,7-10,13H2,1H3. The maximum Gasteiger partial charge on any atom is 0.133 e. The largest absolute Gasteiger partial charge is 0.496 e. The summed E-state index contributed by atoms with van der Waals surface area (Å²) in [6.07, 6.45) is 0. The molecule has 1 heterocycles. The van der Waals surface area contributed by atoms with Crippen molar-refractivity contribution in [2.45, 2.75) is 6.54 Å². The van der Waals surface area contributed by atoms with Crippen molar-refractivity contribution in [2.75, 3.05) is 38.2 Å². The first-order valence-electron chi connectivity index (χ1n) is 7.71. The van der Waals surface area contributed by atoms with Gasteiger partial charge in [-0.15, -0.1) is 0 Å². The van der Waals surface area contributed by atoms with E-state index in [0.717, 1.165) is 48.0 Å². The molecule has 1 aliphatic rings. The van der Waals surface area contributed by atoms with E-state index in [1.165, 1.54) is 11.3 Å². The van der Waals surface area contributed by atoms with Crippen LogP contribution in [0.2, 0.25) is 5.02 Å². The molecule has 0 aliphatic carbocycles. The number of hydrogen-bond donors (Lipinski definition) is 0. The fourth-order valence-electron chi connectivity index (χ4n) is 2.90. The van der Waals surface area contributed by atoms with Gasteiger partial charge in [-0.3, -0.25) is 4.90 Å². The number of piperazine rings is 1. The predicted octanol–water partition coefficient (Wildman–Crippen LogP) is 4.43. The topological polar surface area (TPSA) is 15.7 Å². The Balaban J connectivity index is 1.58. The van der Waals surface area contributed by atoms with E-state index in [4.69, 9.17) is 16.3 Å². The van der Waals surface area contributed by atoms with Crippen molar-refractivity contribution in [3.8, 4) is 5.75 Å². The molecule has 2 aromatic carbocycles. The number of hydrogen-bond acceptors (Lipinski definition) is 3. The number of anilines is 1. The summed E-state index contributed by atoms with van der Waals surface area (Å²) in [7, 11) is 1.69. The zero-order valence-corrected chi connectivity index (χ0v) is 15.5. The molecule has 0 atom stereocenters. The first-order chi connectivity index (χ1) is 11.2. The molecule has 0 saturated carbocycles. The van der Waals surface area contributed by atoms with Crippen molar-refractivity contribution >= 4 is 33.2 Å².